The number of rotatable bonds is 9. The number of fused-ring (bicyclic) bond motifs is 2. The minimum atomic E-state index is -0.510. The van der Waals surface area contributed by atoms with Gasteiger partial charge in [-0.3, -0.25) is 14.2 Å². The number of benzene rings is 1. The molecular formula is C32H33FN8O4. The fourth-order valence-electron chi connectivity index (χ4n) is 6.11. The second kappa shape index (κ2) is 11.5. The van der Waals surface area contributed by atoms with Crippen LogP contribution in [-0.4, -0.2) is 69.7 Å². The lowest BCUT2D eigenvalue weighted by Crippen LogP contribution is -2.27. The first kappa shape index (κ1) is 28.7. The zero-order chi connectivity index (χ0) is 31.2. The van der Waals surface area contributed by atoms with Gasteiger partial charge >= 0.3 is 0 Å². The van der Waals surface area contributed by atoms with Crippen molar-refractivity contribution in [1.29, 1.82) is 0 Å². The smallest absolute Gasteiger partial charge is 0.295 e. The molecule has 13 heteroatoms. The number of likely N-dealkylation sites (tertiary alicyclic amines) is 1. The monoisotopic (exact) mass is 612 g/mol. The van der Waals surface area contributed by atoms with Crippen LogP contribution >= 0.6 is 0 Å². The van der Waals surface area contributed by atoms with Crippen LogP contribution in [0.1, 0.15) is 12.8 Å². The average molecular weight is 613 g/mol. The summed E-state index contributed by atoms with van der Waals surface area (Å²) in [5.74, 6) is 1.27. The van der Waals surface area contributed by atoms with E-state index in [1.807, 2.05) is 12.1 Å². The van der Waals surface area contributed by atoms with Gasteiger partial charge in [-0.25, -0.2) is 14.4 Å². The van der Waals surface area contributed by atoms with Crippen molar-refractivity contribution in [3.63, 3.8) is 0 Å². The third-order valence-corrected chi connectivity index (χ3v) is 8.45. The third-order valence-electron chi connectivity index (χ3n) is 8.45. The molecule has 232 valence electrons. The summed E-state index contributed by atoms with van der Waals surface area (Å²) in [6.45, 7) is 7.52. The standard InChI is InChI=1S/C32H33FN8O4/c1-4-28(42)36-23-10-24(26(44-22-6-7-22)11-25(23)41-16-19-14-39(2)15-20(19)17-41)37-32-35-12-18-9-27(31(43)40(3)30(18)38-32)45-29-8-5-21(33)13-34-29/h4-5,8-13,19-20,22H,1,6-7,14-17H2,2-3H3,(H,36,42)(H,35,37,38)/t19-,20+. The normalized spacial score (nSPS) is 19.4. The van der Waals surface area contributed by atoms with Crippen LogP contribution in [0, 0.1) is 17.7 Å². The van der Waals surface area contributed by atoms with Gasteiger partial charge in [-0.05, 0) is 56.0 Å². The second-order valence-corrected chi connectivity index (χ2v) is 11.9. The number of halogens is 1. The molecule has 0 radical (unpaired) electrons. The summed E-state index contributed by atoms with van der Waals surface area (Å²) in [5.41, 5.74) is 2.02. The number of ether oxygens (including phenoxy) is 2. The van der Waals surface area contributed by atoms with Crippen molar-refractivity contribution in [3.8, 4) is 17.4 Å². The van der Waals surface area contributed by atoms with Gasteiger partial charge in [0.15, 0.2) is 5.75 Å². The Hall–Kier alpha value is -5.04. The summed E-state index contributed by atoms with van der Waals surface area (Å²) in [7, 11) is 3.74. The Morgan fingerprint density at radius 1 is 1.02 bits per heavy atom. The van der Waals surface area contributed by atoms with Crippen molar-refractivity contribution in [2.75, 3.05) is 48.8 Å². The zero-order valence-corrected chi connectivity index (χ0v) is 25.0. The SMILES string of the molecule is C=CC(=O)Nc1cc(Nc2ncc3cc(Oc4ccc(F)cn4)c(=O)n(C)c3n2)c(OC2CC2)cc1N1C[C@H]2CN(C)C[C@H]2C1. The Balaban J connectivity index is 1.22. The summed E-state index contributed by atoms with van der Waals surface area (Å²) >= 11 is 0. The molecule has 45 heavy (non-hydrogen) atoms. The highest BCUT2D eigenvalue weighted by atomic mass is 19.1. The number of hydrogen-bond acceptors (Lipinski definition) is 10. The second-order valence-electron chi connectivity index (χ2n) is 11.9. The lowest BCUT2D eigenvalue weighted by Gasteiger charge is -2.26. The van der Waals surface area contributed by atoms with E-state index >= 15 is 0 Å². The lowest BCUT2D eigenvalue weighted by molar-refractivity contribution is -0.111. The highest BCUT2D eigenvalue weighted by molar-refractivity contribution is 6.02. The number of carbonyl (C=O) groups excluding carboxylic acids is 1. The number of anilines is 4. The Morgan fingerprint density at radius 3 is 2.49 bits per heavy atom. The predicted octanol–water partition coefficient (Wildman–Crippen LogP) is 4.06. The molecule has 2 aliphatic heterocycles. The summed E-state index contributed by atoms with van der Waals surface area (Å²) in [6, 6.07) is 7.89. The molecule has 1 aromatic carbocycles. The number of carbonyl (C=O) groups is 1. The molecule has 2 N–H and O–H groups in total. The van der Waals surface area contributed by atoms with Gasteiger partial charge in [-0.15, -0.1) is 0 Å². The Labute approximate surface area is 258 Å². The molecule has 0 bridgehead atoms. The summed E-state index contributed by atoms with van der Waals surface area (Å²) < 4.78 is 26.6. The molecule has 0 unspecified atom stereocenters. The van der Waals surface area contributed by atoms with E-state index in [4.69, 9.17) is 9.47 Å². The van der Waals surface area contributed by atoms with E-state index in [9.17, 15) is 14.0 Å². The minimum absolute atomic E-state index is 0.00410. The molecule has 0 spiro atoms. The molecule has 5 heterocycles. The molecule has 2 saturated heterocycles. The Kier molecular flexibility index (Phi) is 7.32. The quantitative estimate of drug-likeness (QED) is 0.267. The Bertz CT molecular complexity index is 1850. The molecule has 1 saturated carbocycles. The number of pyridine rings is 2. The van der Waals surface area contributed by atoms with Gasteiger partial charge in [0.2, 0.25) is 17.7 Å². The number of nitrogens with one attached hydrogen (secondary N) is 2. The van der Waals surface area contributed by atoms with Crippen LogP contribution in [0.2, 0.25) is 0 Å². The summed E-state index contributed by atoms with van der Waals surface area (Å²) in [4.78, 5) is 43.3. The maximum Gasteiger partial charge on any atom is 0.295 e. The zero-order valence-electron chi connectivity index (χ0n) is 25.0. The first-order valence-electron chi connectivity index (χ1n) is 14.9. The molecule has 3 aliphatic rings. The number of hydrogen-bond donors (Lipinski definition) is 2. The topological polar surface area (TPSA) is 127 Å². The van der Waals surface area contributed by atoms with Gasteiger partial charge in [0.25, 0.3) is 5.56 Å². The molecular weight excluding hydrogens is 579 g/mol. The molecule has 3 aromatic heterocycles. The molecule has 1 amide bonds. The van der Waals surface area contributed by atoms with Crippen LogP contribution < -0.4 is 30.6 Å². The number of nitrogens with zero attached hydrogens (tertiary/aromatic N) is 6. The molecule has 4 aromatic rings. The maximum absolute atomic E-state index is 13.3. The maximum atomic E-state index is 13.3. The lowest BCUT2D eigenvalue weighted by atomic mass is 10.0. The van der Waals surface area contributed by atoms with Crippen molar-refractivity contribution in [2.45, 2.75) is 18.9 Å². The van der Waals surface area contributed by atoms with Gasteiger partial charge in [-0.2, -0.15) is 4.98 Å². The summed E-state index contributed by atoms with van der Waals surface area (Å²) in [6.07, 6.45) is 5.89. The van der Waals surface area contributed by atoms with E-state index in [1.54, 1.807) is 13.2 Å². The first-order valence-corrected chi connectivity index (χ1v) is 14.9. The predicted molar refractivity (Wildman–Crippen MR) is 168 cm³/mol. The van der Waals surface area contributed by atoms with Crippen LogP contribution in [-0.2, 0) is 11.8 Å². The highest BCUT2D eigenvalue weighted by Gasteiger charge is 2.39. The van der Waals surface area contributed by atoms with Crippen LogP contribution in [0.15, 0.2) is 60.2 Å². The third kappa shape index (κ3) is 5.90. The van der Waals surface area contributed by atoms with Gasteiger partial charge < -0.3 is 29.9 Å². The molecule has 7 rings (SSSR count). The minimum Gasteiger partial charge on any atom is -0.488 e. The molecule has 2 atom stereocenters. The number of aryl methyl sites for hydroxylation is 1. The van der Waals surface area contributed by atoms with Crippen molar-refractivity contribution in [3.05, 3.63) is 71.6 Å². The van der Waals surface area contributed by atoms with Crippen LogP contribution in [0.25, 0.3) is 11.0 Å². The van der Waals surface area contributed by atoms with E-state index in [-0.39, 0.29) is 29.6 Å². The molecule has 3 fully saturated rings. The van der Waals surface area contributed by atoms with Crippen molar-refractivity contribution in [2.24, 2.45) is 18.9 Å². The van der Waals surface area contributed by atoms with E-state index in [1.165, 1.54) is 28.8 Å². The van der Waals surface area contributed by atoms with Gasteiger partial charge in [0.1, 0.15) is 17.2 Å². The van der Waals surface area contributed by atoms with E-state index < -0.39 is 11.4 Å². The molecule has 12 nitrogen and oxygen atoms in total. The van der Waals surface area contributed by atoms with Crippen LogP contribution in [0.4, 0.5) is 27.4 Å². The first-order chi connectivity index (χ1) is 21.7. The fraction of sp³-hybridized carbons (Fsp3) is 0.344. The Morgan fingerprint density at radius 2 is 1.80 bits per heavy atom. The van der Waals surface area contributed by atoms with E-state index in [2.05, 4.69) is 49.0 Å². The van der Waals surface area contributed by atoms with Gasteiger partial charge in [0, 0.05) is 56.9 Å². The molecule has 1 aliphatic carbocycles. The van der Waals surface area contributed by atoms with Gasteiger partial charge in [-0.1, -0.05) is 6.58 Å². The van der Waals surface area contributed by atoms with Crippen molar-refractivity contribution in [1.82, 2.24) is 24.4 Å². The van der Waals surface area contributed by atoms with Crippen LogP contribution in [0.3, 0.4) is 0 Å². The highest BCUT2D eigenvalue weighted by Crippen LogP contribution is 2.44. The fourth-order valence-corrected chi connectivity index (χ4v) is 6.11. The van der Waals surface area contributed by atoms with Crippen LogP contribution in [0.5, 0.6) is 17.4 Å². The number of aromatic nitrogens is 4. The largest absolute Gasteiger partial charge is 0.488 e. The van der Waals surface area contributed by atoms with Gasteiger partial charge in [0.05, 0.1) is 29.4 Å². The van der Waals surface area contributed by atoms with E-state index in [0.29, 0.717) is 40.0 Å². The average Bonchev–Trinajstić information content (AvgIpc) is 3.66. The van der Waals surface area contributed by atoms with Crippen molar-refractivity contribution >= 4 is 40.0 Å². The van der Waals surface area contributed by atoms with E-state index in [0.717, 1.165) is 50.9 Å². The van der Waals surface area contributed by atoms with Crippen molar-refractivity contribution < 1.29 is 18.7 Å². The number of amides is 1. The summed E-state index contributed by atoms with van der Waals surface area (Å²) in [5, 5.41) is 6.79.